The van der Waals surface area contributed by atoms with Gasteiger partial charge in [0.1, 0.15) is 13.2 Å². The number of esters is 3. The Kier molecular flexibility index (Phi) is 46.1. The highest BCUT2D eigenvalue weighted by Crippen LogP contribution is 2.12. The maximum absolute atomic E-state index is 12.7. The molecule has 0 aliphatic carbocycles. The normalized spacial score (nSPS) is 13.1. The van der Waals surface area contributed by atoms with Crippen molar-refractivity contribution in [2.24, 2.45) is 0 Å². The maximum Gasteiger partial charge on any atom is 0.306 e. The summed E-state index contributed by atoms with van der Waals surface area (Å²) in [7, 11) is 0. The number of carbonyl (C=O) groups excluding carboxylic acids is 3. The molecule has 0 aliphatic rings. The molecule has 62 heavy (non-hydrogen) atoms. The molecule has 0 spiro atoms. The van der Waals surface area contributed by atoms with Gasteiger partial charge >= 0.3 is 17.9 Å². The van der Waals surface area contributed by atoms with Gasteiger partial charge in [-0.2, -0.15) is 0 Å². The lowest BCUT2D eigenvalue weighted by atomic mass is 10.1. The number of rotatable bonds is 42. The number of allylic oxidation sites excluding steroid dienone is 20. The van der Waals surface area contributed by atoms with Crippen molar-refractivity contribution in [3.63, 3.8) is 0 Å². The Bertz CT molecular complexity index is 1350. The molecule has 6 nitrogen and oxygen atoms in total. The first-order valence-corrected chi connectivity index (χ1v) is 24.6. The van der Waals surface area contributed by atoms with Crippen LogP contribution in [0.1, 0.15) is 194 Å². The molecule has 348 valence electrons. The zero-order valence-corrected chi connectivity index (χ0v) is 39.6. The first-order valence-electron chi connectivity index (χ1n) is 24.6. The summed E-state index contributed by atoms with van der Waals surface area (Å²) < 4.78 is 16.7. The summed E-state index contributed by atoms with van der Waals surface area (Å²) in [5.41, 5.74) is 0. The van der Waals surface area contributed by atoms with E-state index in [9.17, 15) is 14.4 Å². The van der Waals surface area contributed by atoms with Crippen LogP contribution in [0.4, 0.5) is 0 Å². The van der Waals surface area contributed by atoms with Gasteiger partial charge in [0.25, 0.3) is 0 Å². The molecule has 0 aliphatic heterocycles. The smallest absolute Gasteiger partial charge is 0.306 e. The van der Waals surface area contributed by atoms with Crippen molar-refractivity contribution in [1.29, 1.82) is 0 Å². The fourth-order valence-electron chi connectivity index (χ4n) is 6.16. The molecule has 0 aromatic rings. The number of hydrogen-bond acceptors (Lipinski definition) is 6. The molecule has 0 bridgehead atoms. The van der Waals surface area contributed by atoms with Crippen LogP contribution in [0.3, 0.4) is 0 Å². The Morgan fingerprint density at radius 1 is 0.355 bits per heavy atom. The molecule has 1 unspecified atom stereocenters. The SMILES string of the molecule is CC\C=C/C=C\C=C/C=C\C=C/CCCC(=O)OC(COC(=O)CCCCCCC/C=C\CCCCC)COC(=O)CCCCCCCC/C=C\C/C=C\C/C=C\C/C=C\CC. The molecule has 6 heteroatoms. The first-order chi connectivity index (χ1) is 30.5. The summed E-state index contributed by atoms with van der Waals surface area (Å²) in [5, 5.41) is 0. The van der Waals surface area contributed by atoms with E-state index >= 15 is 0 Å². The molecular weight excluding hydrogens is 769 g/mol. The van der Waals surface area contributed by atoms with Gasteiger partial charge in [0.15, 0.2) is 6.10 Å². The first kappa shape index (κ1) is 57.8. The highest BCUT2D eigenvalue weighted by Gasteiger charge is 2.19. The molecule has 0 saturated carbocycles. The Labute approximate surface area is 380 Å². The van der Waals surface area contributed by atoms with Crippen LogP contribution in [0.2, 0.25) is 0 Å². The van der Waals surface area contributed by atoms with Gasteiger partial charge < -0.3 is 14.2 Å². The molecule has 1 atom stereocenters. The van der Waals surface area contributed by atoms with E-state index in [1.807, 2.05) is 54.7 Å². The molecule has 0 N–H and O–H groups in total. The summed E-state index contributed by atoms with van der Waals surface area (Å²) in [4.78, 5) is 37.9. The monoisotopic (exact) mass is 857 g/mol. The van der Waals surface area contributed by atoms with Crippen LogP contribution in [0.25, 0.3) is 0 Å². The zero-order chi connectivity index (χ0) is 45.1. The molecule has 0 aromatic carbocycles. The number of carbonyl (C=O) groups is 3. The average molecular weight is 857 g/mol. The van der Waals surface area contributed by atoms with E-state index in [2.05, 4.69) is 87.6 Å². The molecule has 0 aromatic heterocycles. The Morgan fingerprint density at radius 3 is 1.23 bits per heavy atom. The third kappa shape index (κ3) is 46.9. The van der Waals surface area contributed by atoms with Crippen LogP contribution in [-0.4, -0.2) is 37.2 Å². The van der Waals surface area contributed by atoms with E-state index < -0.39 is 12.1 Å². The van der Waals surface area contributed by atoms with E-state index in [0.29, 0.717) is 19.3 Å². The lowest BCUT2D eigenvalue weighted by Gasteiger charge is -2.18. The molecule has 0 heterocycles. The van der Waals surface area contributed by atoms with Crippen molar-refractivity contribution in [2.75, 3.05) is 13.2 Å². The summed E-state index contributed by atoms with van der Waals surface area (Å²) in [6.45, 7) is 6.25. The molecule has 0 saturated heterocycles. The van der Waals surface area contributed by atoms with Crippen LogP contribution >= 0.6 is 0 Å². The summed E-state index contributed by atoms with van der Waals surface area (Å²) in [6, 6.07) is 0. The van der Waals surface area contributed by atoms with E-state index in [1.54, 1.807) is 0 Å². The fraction of sp³-hybridized carbons (Fsp3) is 0.589. The Hall–Kier alpha value is -4.19. The quantitative estimate of drug-likeness (QED) is 0.0200. The van der Waals surface area contributed by atoms with Gasteiger partial charge in [0.05, 0.1) is 0 Å². The van der Waals surface area contributed by atoms with Crippen molar-refractivity contribution in [1.82, 2.24) is 0 Å². The minimum Gasteiger partial charge on any atom is -0.462 e. The van der Waals surface area contributed by atoms with Crippen LogP contribution in [0, 0.1) is 0 Å². The largest absolute Gasteiger partial charge is 0.462 e. The predicted octanol–water partition coefficient (Wildman–Crippen LogP) is 16.1. The van der Waals surface area contributed by atoms with Gasteiger partial charge in [-0.3, -0.25) is 14.4 Å². The lowest BCUT2D eigenvalue weighted by molar-refractivity contribution is -0.167. The predicted molar refractivity (Wildman–Crippen MR) is 265 cm³/mol. The van der Waals surface area contributed by atoms with Crippen LogP contribution in [0.5, 0.6) is 0 Å². The topological polar surface area (TPSA) is 78.9 Å². The van der Waals surface area contributed by atoms with E-state index in [1.165, 1.54) is 44.9 Å². The van der Waals surface area contributed by atoms with Crippen molar-refractivity contribution in [3.8, 4) is 0 Å². The number of unbranched alkanes of at least 4 members (excludes halogenated alkanes) is 15. The van der Waals surface area contributed by atoms with Gasteiger partial charge in [-0.05, 0) is 96.3 Å². The van der Waals surface area contributed by atoms with E-state index in [4.69, 9.17) is 14.2 Å². The summed E-state index contributed by atoms with van der Waals surface area (Å²) in [6.07, 6.45) is 67.6. The third-order valence-corrected chi connectivity index (χ3v) is 9.81. The second-order valence-corrected chi connectivity index (χ2v) is 15.7. The average Bonchev–Trinajstić information content (AvgIpc) is 3.27. The minimum atomic E-state index is -0.826. The van der Waals surface area contributed by atoms with Crippen molar-refractivity contribution < 1.29 is 28.6 Å². The third-order valence-electron chi connectivity index (χ3n) is 9.81. The zero-order valence-electron chi connectivity index (χ0n) is 39.6. The van der Waals surface area contributed by atoms with Crippen molar-refractivity contribution >= 4 is 17.9 Å². The molecular formula is C56H88O6. The second-order valence-electron chi connectivity index (χ2n) is 15.7. The summed E-state index contributed by atoms with van der Waals surface area (Å²) >= 11 is 0. The van der Waals surface area contributed by atoms with Gasteiger partial charge in [0.2, 0.25) is 0 Å². The van der Waals surface area contributed by atoms with E-state index in [0.717, 1.165) is 103 Å². The Morgan fingerprint density at radius 2 is 0.726 bits per heavy atom. The van der Waals surface area contributed by atoms with Crippen molar-refractivity contribution in [2.45, 2.75) is 200 Å². The number of hydrogen-bond donors (Lipinski definition) is 0. The Balaban J connectivity index is 4.51. The van der Waals surface area contributed by atoms with E-state index in [-0.39, 0.29) is 31.6 Å². The molecule has 0 rings (SSSR count). The van der Waals surface area contributed by atoms with Crippen LogP contribution in [-0.2, 0) is 28.6 Å². The standard InChI is InChI=1S/C56H88O6/c1-4-7-10-13-16-19-22-25-26-27-28-29-30-32-34-37-40-43-46-49-55(58)61-52-53(51-60-54(57)48-45-42-39-36-33-24-21-18-15-12-9-6-3)62-56(59)50-47-44-41-38-35-31-23-20-17-14-11-8-5-2/h7-8,10-11,14,16-21,23,25-26,28-29,31,35,38,41,53H,4-6,9,12-13,15,22,24,27,30,32-34,36-37,39-40,42-52H2,1-3H3/b10-7-,11-8-,17-14-,19-16-,21-18-,23-20-,26-25-,29-28-,35-31-,41-38-. The van der Waals surface area contributed by atoms with Crippen LogP contribution < -0.4 is 0 Å². The van der Waals surface area contributed by atoms with Crippen LogP contribution in [0.15, 0.2) is 122 Å². The second kappa shape index (κ2) is 49.5. The van der Waals surface area contributed by atoms with Crippen molar-refractivity contribution in [3.05, 3.63) is 122 Å². The maximum atomic E-state index is 12.7. The summed E-state index contributed by atoms with van der Waals surface area (Å²) in [5.74, 6) is -1.03. The molecule has 0 amide bonds. The highest BCUT2D eigenvalue weighted by molar-refractivity contribution is 5.71. The lowest BCUT2D eigenvalue weighted by Crippen LogP contribution is -2.30. The van der Waals surface area contributed by atoms with Gasteiger partial charge in [-0.15, -0.1) is 0 Å². The number of ether oxygens (including phenoxy) is 3. The minimum absolute atomic E-state index is 0.119. The van der Waals surface area contributed by atoms with Gasteiger partial charge in [-0.1, -0.05) is 200 Å². The van der Waals surface area contributed by atoms with Gasteiger partial charge in [0, 0.05) is 19.3 Å². The highest BCUT2D eigenvalue weighted by atomic mass is 16.6. The van der Waals surface area contributed by atoms with Gasteiger partial charge in [-0.25, -0.2) is 0 Å². The molecule has 0 radical (unpaired) electrons. The fourth-order valence-corrected chi connectivity index (χ4v) is 6.16. The molecule has 0 fully saturated rings.